The lowest BCUT2D eigenvalue weighted by atomic mass is 10.1. The third-order valence-corrected chi connectivity index (χ3v) is 3.51. The fraction of sp³-hybridized carbons (Fsp3) is 0.0526. The maximum atomic E-state index is 13.6. The molecule has 2 aromatic carbocycles. The van der Waals surface area contributed by atoms with Gasteiger partial charge < -0.3 is 10.1 Å². The SMILES string of the molecule is O=C(Nc1ccc(C(F)(F)F)c(F)c1)c1cccc(Oc2ccncc2)c1. The van der Waals surface area contributed by atoms with E-state index in [2.05, 4.69) is 10.3 Å². The van der Waals surface area contributed by atoms with Crippen molar-refractivity contribution in [3.63, 3.8) is 0 Å². The summed E-state index contributed by atoms with van der Waals surface area (Å²) < 4.78 is 57.0. The quantitative estimate of drug-likeness (QED) is 0.630. The average molecular weight is 376 g/mol. The largest absolute Gasteiger partial charge is 0.457 e. The number of aromatic nitrogens is 1. The molecule has 1 N–H and O–H groups in total. The van der Waals surface area contributed by atoms with Gasteiger partial charge in [-0.3, -0.25) is 9.78 Å². The number of hydrogen-bond donors (Lipinski definition) is 1. The maximum absolute atomic E-state index is 13.6. The lowest BCUT2D eigenvalue weighted by Crippen LogP contribution is -2.13. The van der Waals surface area contributed by atoms with Crippen LogP contribution in [0, 0.1) is 5.82 Å². The van der Waals surface area contributed by atoms with Crippen LogP contribution in [-0.4, -0.2) is 10.9 Å². The van der Waals surface area contributed by atoms with E-state index in [1.807, 2.05) is 0 Å². The third-order valence-electron chi connectivity index (χ3n) is 3.51. The van der Waals surface area contributed by atoms with E-state index < -0.39 is 23.5 Å². The van der Waals surface area contributed by atoms with Crippen LogP contribution in [0.25, 0.3) is 0 Å². The molecule has 0 radical (unpaired) electrons. The van der Waals surface area contributed by atoms with Crippen LogP contribution < -0.4 is 10.1 Å². The van der Waals surface area contributed by atoms with Crippen LogP contribution in [0.5, 0.6) is 11.5 Å². The van der Waals surface area contributed by atoms with Gasteiger partial charge in [0, 0.05) is 23.6 Å². The highest BCUT2D eigenvalue weighted by Gasteiger charge is 2.34. The van der Waals surface area contributed by atoms with E-state index in [-0.39, 0.29) is 11.3 Å². The molecule has 1 amide bonds. The summed E-state index contributed by atoms with van der Waals surface area (Å²) in [6.45, 7) is 0. The van der Waals surface area contributed by atoms with Crippen molar-refractivity contribution in [1.82, 2.24) is 4.98 Å². The Balaban J connectivity index is 1.75. The summed E-state index contributed by atoms with van der Waals surface area (Å²) in [6.07, 6.45) is -1.71. The smallest absolute Gasteiger partial charge is 0.419 e. The molecule has 0 saturated carbocycles. The van der Waals surface area contributed by atoms with Gasteiger partial charge >= 0.3 is 6.18 Å². The van der Waals surface area contributed by atoms with Crippen LogP contribution in [0.15, 0.2) is 67.0 Å². The Hall–Kier alpha value is -3.42. The second kappa shape index (κ2) is 7.45. The topological polar surface area (TPSA) is 51.2 Å². The Morgan fingerprint density at radius 3 is 2.37 bits per heavy atom. The fourth-order valence-corrected chi connectivity index (χ4v) is 2.27. The van der Waals surface area contributed by atoms with E-state index in [4.69, 9.17) is 4.74 Å². The Labute approximate surface area is 151 Å². The Bertz CT molecular complexity index is 959. The molecule has 3 aromatic rings. The molecule has 3 rings (SSSR count). The van der Waals surface area contributed by atoms with Crippen molar-refractivity contribution < 1.29 is 27.1 Å². The Kier molecular flexibility index (Phi) is 5.07. The number of pyridine rings is 1. The second-order valence-corrected chi connectivity index (χ2v) is 5.46. The van der Waals surface area contributed by atoms with Crippen LogP contribution in [0.1, 0.15) is 15.9 Å². The monoisotopic (exact) mass is 376 g/mol. The first-order valence-electron chi connectivity index (χ1n) is 7.69. The average Bonchev–Trinajstić information content (AvgIpc) is 2.62. The molecule has 0 unspecified atom stereocenters. The van der Waals surface area contributed by atoms with Gasteiger partial charge in [-0.15, -0.1) is 0 Å². The number of carbonyl (C=O) groups is 1. The van der Waals surface area contributed by atoms with E-state index in [0.29, 0.717) is 23.6 Å². The van der Waals surface area contributed by atoms with Crippen LogP contribution in [0.2, 0.25) is 0 Å². The van der Waals surface area contributed by atoms with E-state index in [0.717, 1.165) is 6.07 Å². The van der Waals surface area contributed by atoms with Gasteiger partial charge in [0.2, 0.25) is 0 Å². The number of hydrogen-bond acceptors (Lipinski definition) is 3. The molecule has 0 aliphatic heterocycles. The summed E-state index contributed by atoms with van der Waals surface area (Å²) >= 11 is 0. The molecule has 0 saturated heterocycles. The Morgan fingerprint density at radius 1 is 0.963 bits per heavy atom. The minimum Gasteiger partial charge on any atom is -0.457 e. The first kappa shape index (κ1) is 18.4. The molecular formula is C19H12F4N2O2. The number of nitrogens with zero attached hydrogens (tertiary/aromatic N) is 1. The van der Waals surface area contributed by atoms with E-state index >= 15 is 0 Å². The van der Waals surface area contributed by atoms with Gasteiger partial charge in [0.15, 0.2) is 0 Å². The van der Waals surface area contributed by atoms with Gasteiger partial charge in [0.1, 0.15) is 17.3 Å². The standard InChI is InChI=1S/C19H12F4N2O2/c20-17-11-13(4-5-16(17)19(21,22)23)25-18(26)12-2-1-3-15(10-12)27-14-6-8-24-9-7-14/h1-11H,(H,25,26). The van der Waals surface area contributed by atoms with Gasteiger partial charge in [-0.1, -0.05) is 6.07 Å². The summed E-state index contributed by atoms with van der Waals surface area (Å²) in [4.78, 5) is 16.2. The molecule has 8 heteroatoms. The molecule has 1 aromatic heterocycles. The lowest BCUT2D eigenvalue weighted by Gasteiger charge is -2.11. The van der Waals surface area contributed by atoms with E-state index in [9.17, 15) is 22.4 Å². The normalized spacial score (nSPS) is 11.1. The molecule has 0 fully saturated rings. The number of rotatable bonds is 4. The molecular weight excluding hydrogens is 364 g/mol. The summed E-state index contributed by atoms with van der Waals surface area (Å²) in [7, 11) is 0. The predicted octanol–water partition coefficient (Wildman–Crippen LogP) is 5.28. The minimum atomic E-state index is -4.80. The summed E-state index contributed by atoms with van der Waals surface area (Å²) in [5, 5.41) is 2.36. The number of ether oxygens (including phenoxy) is 1. The molecule has 0 spiro atoms. The molecule has 138 valence electrons. The summed E-state index contributed by atoms with van der Waals surface area (Å²) in [5.41, 5.74) is -1.29. The number of benzene rings is 2. The van der Waals surface area contributed by atoms with Crippen LogP contribution in [-0.2, 0) is 6.18 Å². The highest BCUT2D eigenvalue weighted by atomic mass is 19.4. The zero-order chi connectivity index (χ0) is 19.4. The summed E-state index contributed by atoms with van der Waals surface area (Å²) in [5.74, 6) is -1.18. The van der Waals surface area contributed by atoms with Crippen LogP contribution in [0.4, 0.5) is 23.2 Å². The molecule has 1 heterocycles. The number of carbonyl (C=O) groups excluding carboxylic acids is 1. The van der Waals surface area contributed by atoms with Crippen molar-refractivity contribution in [2.75, 3.05) is 5.32 Å². The molecule has 27 heavy (non-hydrogen) atoms. The van der Waals surface area contributed by atoms with Gasteiger partial charge in [0.25, 0.3) is 5.91 Å². The molecule has 4 nitrogen and oxygen atoms in total. The van der Waals surface area contributed by atoms with Gasteiger partial charge in [-0.05, 0) is 48.5 Å². The first-order chi connectivity index (χ1) is 12.8. The molecule has 0 aliphatic rings. The third kappa shape index (κ3) is 4.60. The Morgan fingerprint density at radius 2 is 1.70 bits per heavy atom. The van der Waals surface area contributed by atoms with Crippen molar-refractivity contribution in [1.29, 1.82) is 0 Å². The van der Waals surface area contributed by atoms with Crippen LogP contribution in [0.3, 0.4) is 0 Å². The molecule has 0 atom stereocenters. The van der Waals surface area contributed by atoms with Crippen LogP contribution >= 0.6 is 0 Å². The number of amides is 1. The number of alkyl halides is 3. The van der Waals surface area contributed by atoms with Crippen molar-refractivity contribution >= 4 is 11.6 Å². The highest BCUT2D eigenvalue weighted by molar-refractivity contribution is 6.04. The maximum Gasteiger partial charge on any atom is 0.419 e. The van der Waals surface area contributed by atoms with Crippen molar-refractivity contribution in [3.05, 3.63) is 83.9 Å². The highest BCUT2D eigenvalue weighted by Crippen LogP contribution is 2.32. The van der Waals surface area contributed by atoms with Crippen molar-refractivity contribution in [3.8, 4) is 11.5 Å². The van der Waals surface area contributed by atoms with E-state index in [1.165, 1.54) is 12.1 Å². The van der Waals surface area contributed by atoms with E-state index in [1.54, 1.807) is 36.7 Å². The van der Waals surface area contributed by atoms with Gasteiger partial charge in [0.05, 0.1) is 5.56 Å². The zero-order valence-electron chi connectivity index (χ0n) is 13.6. The summed E-state index contributed by atoms with van der Waals surface area (Å²) in [6, 6.07) is 11.6. The number of nitrogens with one attached hydrogen (secondary N) is 1. The predicted molar refractivity (Wildman–Crippen MR) is 90.1 cm³/mol. The first-order valence-corrected chi connectivity index (χ1v) is 7.69. The van der Waals surface area contributed by atoms with Crippen molar-refractivity contribution in [2.24, 2.45) is 0 Å². The minimum absolute atomic E-state index is 0.0917. The van der Waals surface area contributed by atoms with Gasteiger partial charge in [-0.2, -0.15) is 13.2 Å². The molecule has 0 aliphatic carbocycles. The fourth-order valence-electron chi connectivity index (χ4n) is 2.27. The van der Waals surface area contributed by atoms with Gasteiger partial charge in [-0.25, -0.2) is 4.39 Å². The van der Waals surface area contributed by atoms with Crippen molar-refractivity contribution in [2.45, 2.75) is 6.18 Å². The number of anilines is 1. The number of halogens is 4. The lowest BCUT2D eigenvalue weighted by molar-refractivity contribution is -0.139. The zero-order valence-corrected chi connectivity index (χ0v) is 13.6. The molecule has 0 bridgehead atoms. The second-order valence-electron chi connectivity index (χ2n) is 5.46.